The molecule has 0 aliphatic heterocycles. The van der Waals surface area contributed by atoms with Crippen LogP contribution in [0.1, 0.15) is 0 Å². The highest BCUT2D eigenvalue weighted by Gasteiger charge is 2.20. The summed E-state index contributed by atoms with van der Waals surface area (Å²) in [5.74, 6) is 0. The van der Waals surface area contributed by atoms with E-state index in [1.54, 1.807) is 0 Å². The molecule has 0 spiro atoms. The quantitative estimate of drug-likeness (QED) is 0.279. The van der Waals surface area contributed by atoms with Gasteiger partial charge in [-0.05, 0) is 36.4 Å². The number of hydrogen-bond acceptors (Lipinski definition) is 2. The first-order valence-electron chi connectivity index (χ1n) is 11.4. The molecule has 7 rings (SSSR count). The molecule has 3 aromatic heterocycles. The number of fused-ring (bicyclic) bond motifs is 5. The first-order chi connectivity index (χ1) is 16.9. The van der Waals surface area contributed by atoms with Gasteiger partial charge in [-0.15, -0.1) is 0 Å². The Balaban J connectivity index is 1.61. The second kappa shape index (κ2) is 7.46. The molecule has 7 aromatic rings. The zero-order valence-corrected chi connectivity index (χ0v) is 18.3. The van der Waals surface area contributed by atoms with Gasteiger partial charge in [-0.3, -0.25) is 0 Å². The van der Waals surface area contributed by atoms with Crippen LogP contribution < -0.4 is 0 Å². The lowest BCUT2D eigenvalue weighted by atomic mass is 10.1. The van der Waals surface area contributed by atoms with E-state index >= 15 is 0 Å². The third-order valence-corrected chi connectivity index (χ3v) is 6.39. The Morgan fingerprint density at radius 1 is 0.559 bits per heavy atom. The number of rotatable bonds is 3. The van der Waals surface area contributed by atoms with Crippen molar-refractivity contribution in [2.45, 2.75) is 0 Å². The van der Waals surface area contributed by atoms with Gasteiger partial charge in [-0.2, -0.15) is 0 Å². The zero-order chi connectivity index (χ0) is 22.5. The highest BCUT2D eigenvalue weighted by atomic mass is 16.3. The fraction of sp³-hybridized carbons (Fsp3) is 0. The lowest BCUT2D eigenvalue weighted by Gasteiger charge is -2.13. The predicted molar refractivity (Wildman–Crippen MR) is 139 cm³/mol. The van der Waals surface area contributed by atoms with E-state index in [0.717, 1.165) is 61.2 Å². The molecule has 0 atom stereocenters. The van der Waals surface area contributed by atoms with Crippen molar-refractivity contribution < 1.29 is 4.42 Å². The van der Waals surface area contributed by atoms with Gasteiger partial charge in [-0.25, -0.2) is 4.98 Å². The van der Waals surface area contributed by atoms with E-state index in [1.807, 2.05) is 24.3 Å². The molecule has 0 saturated carbocycles. The summed E-state index contributed by atoms with van der Waals surface area (Å²) < 4.78 is 8.68. The van der Waals surface area contributed by atoms with Crippen molar-refractivity contribution in [1.29, 1.82) is 0 Å². The third kappa shape index (κ3) is 2.87. The van der Waals surface area contributed by atoms with Gasteiger partial charge in [0.25, 0.3) is 0 Å². The molecule has 0 saturated heterocycles. The van der Waals surface area contributed by atoms with Crippen molar-refractivity contribution in [3.63, 3.8) is 0 Å². The largest absolute Gasteiger partial charge is 0.454 e. The average Bonchev–Trinajstić information content (AvgIpc) is 3.44. The number of hydrogen-bond donors (Lipinski definition) is 0. The van der Waals surface area contributed by atoms with Crippen LogP contribution in [0.4, 0.5) is 0 Å². The summed E-state index contributed by atoms with van der Waals surface area (Å²) >= 11 is 0. The molecule has 0 aliphatic rings. The topological polar surface area (TPSA) is 31.0 Å². The average molecular weight is 437 g/mol. The van der Waals surface area contributed by atoms with Gasteiger partial charge < -0.3 is 8.98 Å². The second-order valence-corrected chi connectivity index (χ2v) is 8.46. The summed E-state index contributed by atoms with van der Waals surface area (Å²) in [6.45, 7) is 0. The number of para-hydroxylation sites is 2. The maximum atomic E-state index is 6.36. The van der Waals surface area contributed by atoms with Gasteiger partial charge in [0.05, 0.1) is 22.6 Å². The first kappa shape index (κ1) is 18.9. The molecule has 0 bridgehead atoms. The Hall–Kier alpha value is -4.63. The Labute approximate surface area is 196 Å². The van der Waals surface area contributed by atoms with Crippen LogP contribution in [0.5, 0.6) is 0 Å². The number of benzene rings is 4. The minimum Gasteiger partial charge on any atom is -0.454 e. The third-order valence-electron chi connectivity index (χ3n) is 6.39. The molecule has 3 heteroatoms. The summed E-state index contributed by atoms with van der Waals surface area (Å²) in [4.78, 5) is 5.06. The van der Waals surface area contributed by atoms with Crippen molar-refractivity contribution in [3.05, 3.63) is 121 Å². The molecule has 34 heavy (non-hydrogen) atoms. The van der Waals surface area contributed by atoms with Gasteiger partial charge in [-0.1, -0.05) is 84.9 Å². The van der Waals surface area contributed by atoms with Gasteiger partial charge in [0.15, 0.2) is 5.58 Å². The Morgan fingerprint density at radius 2 is 1.12 bits per heavy atom. The molecule has 0 aliphatic carbocycles. The molecule has 0 fully saturated rings. The second-order valence-electron chi connectivity index (χ2n) is 8.46. The van der Waals surface area contributed by atoms with Gasteiger partial charge in [0.1, 0.15) is 11.1 Å². The van der Waals surface area contributed by atoms with E-state index in [2.05, 4.69) is 102 Å². The summed E-state index contributed by atoms with van der Waals surface area (Å²) in [5, 5.41) is 2.21. The Morgan fingerprint density at radius 3 is 1.79 bits per heavy atom. The summed E-state index contributed by atoms with van der Waals surface area (Å²) in [7, 11) is 0. The van der Waals surface area contributed by atoms with E-state index in [1.165, 1.54) is 0 Å². The maximum Gasteiger partial charge on any atom is 0.161 e. The van der Waals surface area contributed by atoms with Crippen molar-refractivity contribution in [2.75, 3.05) is 0 Å². The van der Waals surface area contributed by atoms with Crippen LogP contribution in [-0.2, 0) is 0 Å². The number of nitrogens with zero attached hydrogens (tertiary/aromatic N) is 2. The molecule has 0 unspecified atom stereocenters. The standard InChI is InChI=1S/C31H20N2O/c1-3-11-21(12-4-1)26-19-23(20-27(32-26)22-13-5-2-6-14-22)33-28-17-9-7-15-24(28)31-30(33)25-16-8-10-18-29(25)34-31/h1-20H. The fourth-order valence-electron chi connectivity index (χ4n) is 4.84. The van der Waals surface area contributed by atoms with E-state index < -0.39 is 0 Å². The molecule has 160 valence electrons. The molecule has 4 aromatic carbocycles. The van der Waals surface area contributed by atoms with Gasteiger partial charge in [0, 0.05) is 21.9 Å². The molecular formula is C31H20N2O. The predicted octanol–water partition coefficient (Wildman–Crippen LogP) is 8.26. The van der Waals surface area contributed by atoms with Crippen molar-refractivity contribution in [3.8, 4) is 28.2 Å². The van der Waals surface area contributed by atoms with Crippen molar-refractivity contribution >= 4 is 33.0 Å². The van der Waals surface area contributed by atoms with Crippen molar-refractivity contribution in [2.24, 2.45) is 0 Å². The van der Waals surface area contributed by atoms with E-state index in [9.17, 15) is 0 Å². The van der Waals surface area contributed by atoms with E-state index in [-0.39, 0.29) is 0 Å². The van der Waals surface area contributed by atoms with Crippen LogP contribution in [-0.4, -0.2) is 9.55 Å². The monoisotopic (exact) mass is 436 g/mol. The highest BCUT2D eigenvalue weighted by Crippen LogP contribution is 2.39. The van der Waals surface area contributed by atoms with Crippen molar-refractivity contribution in [1.82, 2.24) is 9.55 Å². The Kier molecular flexibility index (Phi) is 4.15. The first-order valence-corrected chi connectivity index (χ1v) is 11.4. The van der Waals surface area contributed by atoms with Crippen LogP contribution >= 0.6 is 0 Å². The summed E-state index contributed by atoms with van der Waals surface area (Å²) in [6, 6.07) is 41.8. The van der Waals surface area contributed by atoms with Crippen LogP contribution in [0, 0.1) is 0 Å². The van der Waals surface area contributed by atoms with E-state index in [4.69, 9.17) is 9.40 Å². The van der Waals surface area contributed by atoms with E-state index in [0.29, 0.717) is 0 Å². The van der Waals surface area contributed by atoms with Gasteiger partial charge in [0.2, 0.25) is 0 Å². The number of aromatic nitrogens is 2. The Bertz CT molecular complexity index is 1730. The van der Waals surface area contributed by atoms with Gasteiger partial charge >= 0.3 is 0 Å². The lowest BCUT2D eigenvalue weighted by Crippen LogP contribution is -1.98. The molecule has 0 radical (unpaired) electrons. The molecular weight excluding hydrogens is 416 g/mol. The SMILES string of the molecule is c1ccc(-c2cc(-n3c4ccccc4c4oc5ccccc5c43)cc(-c3ccccc3)n2)cc1. The highest BCUT2D eigenvalue weighted by molar-refractivity contribution is 6.16. The minimum atomic E-state index is 0.896. The van der Waals surface area contributed by atoms with Crippen LogP contribution in [0.3, 0.4) is 0 Å². The molecule has 3 nitrogen and oxygen atoms in total. The van der Waals surface area contributed by atoms with Crippen LogP contribution in [0.25, 0.3) is 61.2 Å². The molecule has 3 heterocycles. The zero-order valence-electron chi connectivity index (χ0n) is 18.3. The number of pyridine rings is 1. The summed E-state index contributed by atoms with van der Waals surface area (Å²) in [5.41, 5.74) is 9.13. The minimum absolute atomic E-state index is 0.896. The summed E-state index contributed by atoms with van der Waals surface area (Å²) in [6.07, 6.45) is 0. The maximum absolute atomic E-state index is 6.36. The fourth-order valence-corrected chi connectivity index (χ4v) is 4.84. The number of furan rings is 1. The molecule has 0 amide bonds. The lowest BCUT2D eigenvalue weighted by molar-refractivity contribution is 0.673. The molecule has 0 N–H and O–H groups in total. The van der Waals surface area contributed by atoms with Crippen LogP contribution in [0.15, 0.2) is 126 Å². The normalized spacial score (nSPS) is 11.5. The smallest absolute Gasteiger partial charge is 0.161 e. The van der Waals surface area contributed by atoms with Crippen LogP contribution in [0.2, 0.25) is 0 Å².